The van der Waals surface area contributed by atoms with Gasteiger partial charge in [0, 0.05) is 12.1 Å². The van der Waals surface area contributed by atoms with Crippen LogP contribution in [0.15, 0.2) is 30.3 Å². The van der Waals surface area contributed by atoms with Gasteiger partial charge in [-0.3, -0.25) is 14.5 Å². The summed E-state index contributed by atoms with van der Waals surface area (Å²) in [4.78, 5) is 24.9. The molecule has 0 aromatic heterocycles. The molecule has 1 amide bonds. The van der Waals surface area contributed by atoms with Crippen molar-refractivity contribution in [2.24, 2.45) is 11.7 Å². The van der Waals surface area contributed by atoms with Crippen molar-refractivity contribution in [3.63, 3.8) is 0 Å². The molecule has 0 spiro atoms. The summed E-state index contributed by atoms with van der Waals surface area (Å²) in [7, 11) is 0. The molecule has 1 unspecified atom stereocenters. The molecule has 1 heterocycles. The molecular formula is C13H16N2O2. The van der Waals surface area contributed by atoms with E-state index in [-0.39, 0.29) is 17.6 Å². The van der Waals surface area contributed by atoms with Crippen molar-refractivity contribution >= 4 is 11.7 Å². The Morgan fingerprint density at radius 2 is 2.00 bits per heavy atom. The minimum atomic E-state index is -0.264. The van der Waals surface area contributed by atoms with E-state index in [1.165, 1.54) is 0 Å². The largest absolute Gasteiger partial charge is 0.369 e. The average Bonchev–Trinajstić information content (AvgIpc) is 2.79. The summed E-state index contributed by atoms with van der Waals surface area (Å²) in [6.45, 7) is 1.74. The Bertz CT molecular complexity index is 417. The lowest BCUT2D eigenvalue weighted by molar-refractivity contribution is -0.121. The van der Waals surface area contributed by atoms with Gasteiger partial charge in [-0.25, -0.2) is 0 Å². The molecule has 1 aliphatic rings. The van der Waals surface area contributed by atoms with E-state index < -0.39 is 0 Å². The lowest BCUT2D eigenvalue weighted by Crippen LogP contribution is -2.30. The lowest BCUT2D eigenvalue weighted by atomic mass is 10.1. The Balaban J connectivity index is 1.91. The molecule has 1 fully saturated rings. The van der Waals surface area contributed by atoms with E-state index in [9.17, 15) is 9.59 Å². The summed E-state index contributed by atoms with van der Waals surface area (Å²) < 4.78 is 0. The van der Waals surface area contributed by atoms with Gasteiger partial charge >= 0.3 is 0 Å². The van der Waals surface area contributed by atoms with E-state index in [2.05, 4.69) is 0 Å². The normalized spacial score (nSPS) is 20.4. The van der Waals surface area contributed by atoms with Gasteiger partial charge in [0.1, 0.15) is 0 Å². The first-order chi connectivity index (χ1) is 8.16. The standard InChI is InChI=1S/C13H16N2O2/c14-13(17)11-6-7-15(8-11)9-12(16)10-4-2-1-3-5-10/h1-5,11H,6-9H2,(H2,14,17). The van der Waals surface area contributed by atoms with E-state index in [0.29, 0.717) is 13.1 Å². The van der Waals surface area contributed by atoms with Crippen LogP contribution in [0.3, 0.4) is 0 Å². The quantitative estimate of drug-likeness (QED) is 0.776. The van der Waals surface area contributed by atoms with Crippen molar-refractivity contribution in [3.05, 3.63) is 35.9 Å². The molecule has 1 aromatic carbocycles. The summed E-state index contributed by atoms with van der Waals surface area (Å²) in [6, 6.07) is 9.20. The van der Waals surface area contributed by atoms with E-state index in [4.69, 9.17) is 5.73 Å². The molecule has 2 N–H and O–H groups in total. The molecule has 0 bridgehead atoms. The van der Waals surface area contributed by atoms with Gasteiger partial charge in [0.15, 0.2) is 5.78 Å². The molecule has 4 heteroatoms. The molecule has 1 atom stereocenters. The van der Waals surface area contributed by atoms with Crippen molar-refractivity contribution in [1.29, 1.82) is 0 Å². The van der Waals surface area contributed by atoms with Gasteiger partial charge in [0.2, 0.25) is 5.91 Å². The Kier molecular flexibility index (Phi) is 3.54. The average molecular weight is 232 g/mol. The lowest BCUT2D eigenvalue weighted by Gasteiger charge is -2.14. The van der Waals surface area contributed by atoms with Gasteiger partial charge in [-0.2, -0.15) is 0 Å². The number of nitrogens with zero attached hydrogens (tertiary/aromatic N) is 1. The molecule has 90 valence electrons. The molecule has 0 radical (unpaired) electrons. The Labute approximate surface area is 100 Å². The molecule has 0 aliphatic carbocycles. The van der Waals surface area contributed by atoms with Crippen LogP contribution in [0, 0.1) is 5.92 Å². The van der Waals surface area contributed by atoms with Crippen molar-refractivity contribution in [1.82, 2.24) is 4.90 Å². The van der Waals surface area contributed by atoms with Crippen LogP contribution in [0.4, 0.5) is 0 Å². The summed E-state index contributed by atoms with van der Waals surface area (Å²) in [5.41, 5.74) is 5.97. The number of Topliss-reactive ketones (excluding diaryl/α,β-unsaturated/α-hetero) is 1. The zero-order valence-corrected chi connectivity index (χ0v) is 9.63. The fourth-order valence-corrected chi connectivity index (χ4v) is 2.13. The maximum absolute atomic E-state index is 11.9. The number of amides is 1. The molecule has 2 rings (SSSR count). The number of carbonyl (C=O) groups is 2. The molecular weight excluding hydrogens is 216 g/mol. The predicted octanol–water partition coefficient (Wildman–Crippen LogP) is 0.676. The van der Waals surface area contributed by atoms with Crippen LogP contribution in [-0.2, 0) is 4.79 Å². The first-order valence-corrected chi connectivity index (χ1v) is 5.77. The zero-order valence-electron chi connectivity index (χ0n) is 9.63. The van der Waals surface area contributed by atoms with Crippen molar-refractivity contribution < 1.29 is 9.59 Å². The van der Waals surface area contributed by atoms with E-state index in [0.717, 1.165) is 18.5 Å². The number of hydrogen-bond donors (Lipinski definition) is 1. The second-order valence-corrected chi connectivity index (χ2v) is 4.41. The van der Waals surface area contributed by atoms with Crippen LogP contribution >= 0.6 is 0 Å². The molecule has 1 saturated heterocycles. The van der Waals surface area contributed by atoms with Crippen molar-refractivity contribution in [2.45, 2.75) is 6.42 Å². The summed E-state index contributed by atoms with van der Waals surface area (Å²) in [6.07, 6.45) is 0.761. The van der Waals surface area contributed by atoms with Crippen LogP contribution in [0.5, 0.6) is 0 Å². The maximum atomic E-state index is 11.9. The van der Waals surface area contributed by atoms with Crippen molar-refractivity contribution in [2.75, 3.05) is 19.6 Å². The van der Waals surface area contributed by atoms with Gasteiger partial charge in [0.05, 0.1) is 12.5 Å². The monoisotopic (exact) mass is 232 g/mol. The van der Waals surface area contributed by atoms with E-state index >= 15 is 0 Å². The number of primary amides is 1. The van der Waals surface area contributed by atoms with Gasteiger partial charge in [-0.05, 0) is 13.0 Å². The van der Waals surface area contributed by atoms with Crippen molar-refractivity contribution in [3.8, 4) is 0 Å². The number of benzene rings is 1. The highest BCUT2D eigenvalue weighted by Gasteiger charge is 2.27. The number of nitrogens with two attached hydrogens (primary N) is 1. The fourth-order valence-electron chi connectivity index (χ4n) is 2.13. The second kappa shape index (κ2) is 5.10. The number of likely N-dealkylation sites (tertiary alicyclic amines) is 1. The Hall–Kier alpha value is -1.68. The second-order valence-electron chi connectivity index (χ2n) is 4.41. The van der Waals surface area contributed by atoms with Gasteiger partial charge in [-0.1, -0.05) is 30.3 Å². The molecule has 1 aromatic rings. The number of ketones is 1. The first-order valence-electron chi connectivity index (χ1n) is 5.77. The summed E-state index contributed by atoms with van der Waals surface area (Å²) in [5, 5.41) is 0. The molecule has 4 nitrogen and oxygen atoms in total. The SMILES string of the molecule is NC(=O)C1CCN(CC(=O)c2ccccc2)C1. The highest BCUT2D eigenvalue weighted by Crippen LogP contribution is 2.16. The molecule has 1 aliphatic heterocycles. The van der Waals surface area contributed by atoms with Crippen LogP contribution in [0.25, 0.3) is 0 Å². The Morgan fingerprint density at radius 1 is 1.29 bits per heavy atom. The topological polar surface area (TPSA) is 63.4 Å². The third-order valence-electron chi connectivity index (χ3n) is 3.14. The van der Waals surface area contributed by atoms with Crippen LogP contribution in [0.1, 0.15) is 16.8 Å². The van der Waals surface area contributed by atoms with Crippen LogP contribution in [0.2, 0.25) is 0 Å². The molecule has 0 saturated carbocycles. The highest BCUT2D eigenvalue weighted by atomic mass is 16.1. The number of carbonyl (C=O) groups excluding carboxylic acids is 2. The first kappa shape index (κ1) is 11.8. The number of hydrogen-bond acceptors (Lipinski definition) is 3. The van der Waals surface area contributed by atoms with E-state index in [1.807, 2.05) is 35.2 Å². The third kappa shape index (κ3) is 2.91. The van der Waals surface area contributed by atoms with Crippen LogP contribution < -0.4 is 5.73 Å². The minimum Gasteiger partial charge on any atom is -0.369 e. The smallest absolute Gasteiger partial charge is 0.221 e. The maximum Gasteiger partial charge on any atom is 0.221 e. The summed E-state index contributed by atoms with van der Waals surface area (Å²) >= 11 is 0. The predicted molar refractivity (Wildman–Crippen MR) is 64.5 cm³/mol. The van der Waals surface area contributed by atoms with E-state index in [1.54, 1.807) is 0 Å². The zero-order chi connectivity index (χ0) is 12.3. The Morgan fingerprint density at radius 3 is 2.59 bits per heavy atom. The van der Waals surface area contributed by atoms with Gasteiger partial charge in [-0.15, -0.1) is 0 Å². The summed E-state index contributed by atoms with van der Waals surface area (Å²) in [5.74, 6) is -0.269. The molecule has 17 heavy (non-hydrogen) atoms. The minimum absolute atomic E-state index is 0.0933. The fraction of sp³-hybridized carbons (Fsp3) is 0.385. The van der Waals surface area contributed by atoms with Gasteiger partial charge < -0.3 is 5.73 Å². The number of rotatable bonds is 4. The van der Waals surface area contributed by atoms with Gasteiger partial charge in [0.25, 0.3) is 0 Å². The van der Waals surface area contributed by atoms with Crippen LogP contribution in [-0.4, -0.2) is 36.2 Å². The highest BCUT2D eigenvalue weighted by molar-refractivity contribution is 5.97. The third-order valence-corrected chi connectivity index (χ3v) is 3.14.